The molecule has 1 amide bonds. The predicted molar refractivity (Wildman–Crippen MR) is 111 cm³/mol. The van der Waals surface area contributed by atoms with Crippen LogP contribution in [0.5, 0.6) is 5.75 Å². The molecule has 1 aliphatic heterocycles. The Bertz CT molecular complexity index is 746. The molecule has 1 fully saturated rings. The number of amides is 1. The van der Waals surface area contributed by atoms with E-state index in [0.717, 1.165) is 47.0 Å². The summed E-state index contributed by atoms with van der Waals surface area (Å²) in [6.45, 7) is 5.11. The Balaban J connectivity index is 1.57. The molecule has 0 bridgehead atoms. The highest BCUT2D eigenvalue weighted by atomic mass is 79.9. The van der Waals surface area contributed by atoms with Crippen LogP contribution in [-0.4, -0.2) is 49.3 Å². The first-order valence-corrected chi connectivity index (χ1v) is 10.3. The zero-order chi connectivity index (χ0) is 18.5. The molecule has 0 N–H and O–H groups in total. The summed E-state index contributed by atoms with van der Waals surface area (Å²) >= 11 is 5.05. The standard InChI is InChI=1S/C20H23BrN2O2S/c1-15(26-17-9-7-16(21)8-10-17)20(24)23-13-11-22(12-14-23)18-5-3-4-6-19(18)25-2/h3-10,15H,11-14H2,1-2H3. The zero-order valence-corrected chi connectivity index (χ0v) is 17.4. The molecule has 0 saturated carbocycles. The molecule has 1 unspecified atom stereocenters. The molecule has 2 aromatic carbocycles. The molecule has 26 heavy (non-hydrogen) atoms. The van der Waals surface area contributed by atoms with E-state index < -0.39 is 0 Å². The third-order valence-electron chi connectivity index (χ3n) is 4.49. The summed E-state index contributed by atoms with van der Waals surface area (Å²) in [4.78, 5) is 18.2. The Morgan fingerprint density at radius 3 is 2.38 bits per heavy atom. The molecule has 1 saturated heterocycles. The van der Waals surface area contributed by atoms with Crippen molar-refractivity contribution in [2.45, 2.75) is 17.1 Å². The number of hydrogen-bond donors (Lipinski definition) is 0. The lowest BCUT2D eigenvalue weighted by atomic mass is 10.2. The first-order chi connectivity index (χ1) is 12.6. The predicted octanol–water partition coefficient (Wildman–Crippen LogP) is 4.29. The number of halogens is 1. The van der Waals surface area contributed by atoms with Crippen molar-refractivity contribution in [2.24, 2.45) is 0 Å². The van der Waals surface area contributed by atoms with E-state index in [2.05, 4.69) is 26.9 Å². The molecule has 1 heterocycles. The van der Waals surface area contributed by atoms with Gasteiger partial charge in [-0.25, -0.2) is 0 Å². The van der Waals surface area contributed by atoms with E-state index in [1.54, 1.807) is 18.9 Å². The second-order valence-electron chi connectivity index (χ2n) is 6.20. The number of thioether (sulfide) groups is 1. The number of anilines is 1. The maximum atomic E-state index is 12.8. The quantitative estimate of drug-likeness (QED) is 0.657. The third kappa shape index (κ3) is 4.54. The Morgan fingerprint density at radius 2 is 1.73 bits per heavy atom. The largest absolute Gasteiger partial charge is 0.495 e. The molecular weight excluding hydrogens is 412 g/mol. The number of hydrogen-bond acceptors (Lipinski definition) is 4. The fourth-order valence-electron chi connectivity index (χ4n) is 3.08. The molecule has 3 rings (SSSR count). The van der Waals surface area contributed by atoms with Crippen molar-refractivity contribution in [3.05, 3.63) is 53.0 Å². The number of ether oxygens (including phenoxy) is 1. The van der Waals surface area contributed by atoms with Crippen molar-refractivity contribution in [1.29, 1.82) is 0 Å². The summed E-state index contributed by atoms with van der Waals surface area (Å²) in [7, 11) is 1.69. The van der Waals surface area contributed by atoms with Crippen molar-refractivity contribution in [3.8, 4) is 5.75 Å². The average Bonchev–Trinajstić information content (AvgIpc) is 2.69. The normalized spacial score (nSPS) is 15.7. The summed E-state index contributed by atoms with van der Waals surface area (Å²) in [5, 5.41) is -0.0889. The monoisotopic (exact) mass is 434 g/mol. The lowest BCUT2D eigenvalue weighted by Crippen LogP contribution is -2.50. The first kappa shape index (κ1) is 19.1. The van der Waals surface area contributed by atoms with Gasteiger partial charge < -0.3 is 14.5 Å². The molecule has 2 aromatic rings. The van der Waals surface area contributed by atoms with Gasteiger partial charge in [0.05, 0.1) is 18.0 Å². The van der Waals surface area contributed by atoms with Gasteiger partial charge >= 0.3 is 0 Å². The van der Waals surface area contributed by atoms with Crippen LogP contribution in [0.1, 0.15) is 6.92 Å². The van der Waals surface area contributed by atoms with Crippen LogP contribution in [0.3, 0.4) is 0 Å². The minimum Gasteiger partial charge on any atom is -0.495 e. The molecule has 0 aromatic heterocycles. The topological polar surface area (TPSA) is 32.8 Å². The number of rotatable bonds is 5. The zero-order valence-electron chi connectivity index (χ0n) is 15.0. The van der Waals surface area contributed by atoms with E-state index in [1.807, 2.05) is 54.3 Å². The summed E-state index contributed by atoms with van der Waals surface area (Å²) in [6.07, 6.45) is 0. The first-order valence-electron chi connectivity index (χ1n) is 8.67. The number of piperazine rings is 1. The van der Waals surface area contributed by atoms with Crippen LogP contribution in [0, 0.1) is 0 Å². The van der Waals surface area contributed by atoms with Gasteiger partial charge in [0.25, 0.3) is 0 Å². The third-order valence-corrected chi connectivity index (χ3v) is 6.12. The molecule has 138 valence electrons. The lowest BCUT2D eigenvalue weighted by Gasteiger charge is -2.37. The van der Waals surface area contributed by atoms with E-state index in [9.17, 15) is 4.79 Å². The smallest absolute Gasteiger partial charge is 0.235 e. The maximum Gasteiger partial charge on any atom is 0.235 e. The number of para-hydroxylation sites is 2. The number of carbonyl (C=O) groups is 1. The van der Waals surface area contributed by atoms with Crippen molar-refractivity contribution < 1.29 is 9.53 Å². The molecule has 1 atom stereocenters. The number of carbonyl (C=O) groups excluding carboxylic acids is 1. The van der Waals surface area contributed by atoms with Gasteiger partial charge in [-0.3, -0.25) is 4.79 Å². The van der Waals surface area contributed by atoms with Gasteiger partial charge in [-0.1, -0.05) is 28.1 Å². The van der Waals surface area contributed by atoms with E-state index in [0.29, 0.717) is 0 Å². The molecular formula is C20H23BrN2O2S. The summed E-state index contributed by atoms with van der Waals surface area (Å²) in [5.74, 6) is 1.09. The SMILES string of the molecule is COc1ccccc1N1CCN(C(=O)C(C)Sc2ccc(Br)cc2)CC1. The second-order valence-corrected chi connectivity index (χ2v) is 8.53. The fraction of sp³-hybridized carbons (Fsp3) is 0.350. The molecule has 6 heteroatoms. The van der Waals surface area contributed by atoms with Gasteiger partial charge in [-0.15, -0.1) is 11.8 Å². The van der Waals surface area contributed by atoms with Gasteiger partial charge in [0, 0.05) is 35.5 Å². The molecule has 0 radical (unpaired) electrons. The molecule has 0 spiro atoms. The average molecular weight is 435 g/mol. The van der Waals surface area contributed by atoms with Crippen LogP contribution >= 0.6 is 27.7 Å². The summed E-state index contributed by atoms with van der Waals surface area (Å²) in [6, 6.07) is 16.1. The van der Waals surface area contributed by atoms with Gasteiger partial charge in [-0.05, 0) is 43.3 Å². The fourth-order valence-corrected chi connectivity index (χ4v) is 4.30. The molecule has 4 nitrogen and oxygen atoms in total. The Labute approximate surface area is 167 Å². The Morgan fingerprint density at radius 1 is 1.08 bits per heavy atom. The number of nitrogens with zero attached hydrogens (tertiary/aromatic N) is 2. The summed E-state index contributed by atoms with van der Waals surface area (Å²) < 4.78 is 6.51. The Kier molecular flexibility index (Phi) is 6.48. The molecule has 1 aliphatic rings. The van der Waals surface area contributed by atoms with Crippen LogP contribution < -0.4 is 9.64 Å². The van der Waals surface area contributed by atoms with E-state index in [1.165, 1.54) is 0 Å². The van der Waals surface area contributed by atoms with Crippen molar-refractivity contribution in [3.63, 3.8) is 0 Å². The molecule has 0 aliphatic carbocycles. The minimum absolute atomic E-state index is 0.0889. The van der Waals surface area contributed by atoms with E-state index >= 15 is 0 Å². The maximum absolute atomic E-state index is 12.8. The van der Waals surface area contributed by atoms with Crippen LogP contribution in [0.25, 0.3) is 0 Å². The number of benzene rings is 2. The highest BCUT2D eigenvalue weighted by Gasteiger charge is 2.26. The van der Waals surface area contributed by atoms with E-state index in [-0.39, 0.29) is 11.2 Å². The Hall–Kier alpha value is -1.66. The summed E-state index contributed by atoms with van der Waals surface area (Å²) in [5.41, 5.74) is 1.10. The van der Waals surface area contributed by atoms with Crippen LogP contribution in [0.15, 0.2) is 57.9 Å². The second kappa shape index (κ2) is 8.82. The van der Waals surface area contributed by atoms with E-state index in [4.69, 9.17) is 4.74 Å². The highest BCUT2D eigenvalue weighted by Crippen LogP contribution is 2.29. The van der Waals surface area contributed by atoms with Gasteiger partial charge in [-0.2, -0.15) is 0 Å². The van der Waals surface area contributed by atoms with Gasteiger partial charge in [0.15, 0.2) is 0 Å². The van der Waals surface area contributed by atoms with Crippen LogP contribution in [0.2, 0.25) is 0 Å². The van der Waals surface area contributed by atoms with Crippen molar-refractivity contribution in [1.82, 2.24) is 4.90 Å². The lowest BCUT2D eigenvalue weighted by molar-refractivity contribution is -0.130. The van der Waals surface area contributed by atoms with Crippen LogP contribution in [-0.2, 0) is 4.79 Å². The number of methoxy groups -OCH3 is 1. The minimum atomic E-state index is -0.0889. The van der Waals surface area contributed by atoms with Crippen molar-refractivity contribution >= 4 is 39.3 Å². The van der Waals surface area contributed by atoms with Crippen molar-refractivity contribution in [2.75, 3.05) is 38.2 Å². The van der Waals surface area contributed by atoms with Gasteiger partial charge in [0.2, 0.25) is 5.91 Å². The van der Waals surface area contributed by atoms with Gasteiger partial charge in [0.1, 0.15) is 5.75 Å². The highest BCUT2D eigenvalue weighted by molar-refractivity contribution is 9.10. The van der Waals surface area contributed by atoms with Crippen LogP contribution in [0.4, 0.5) is 5.69 Å².